The van der Waals surface area contributed by atoms with Gasteiger partial charge in [-0.2, -0.15) is 0 Å². The van der Waals surface area contributed by atoms with Crippen LogP contribution in [-0.4, -0.2) is 5.91 Å². The molecule has 3 heteroatoms. The van der Waals surface area contributed by atoms with Crippen LogP contribution in [0.4, 0.5) is 0 Å². The molecule has 1 heterocycles. The van der Waals surface area contributed by atoms with E-state index in [0.29, 0.717) is 11.7 Å². The first-order chi connectivity index (χ1) is 9.24. The van der Waals surface area contributed by atoms with E-state index in [4.69, 9.17) is 4.42 Å². The van der Waals surface area contributed by atoms with Crippen LogP contribution in [0.3, 0.4) is 0 Å². The van der Waals surface area contributed by atoms with Gasteiger partial charge in [0.1, 0.15) is 0 Å². The van der Waals surface area contributed by atoms with E-state index >= 15 is 0 Å². The molecule has 1 N–H and O–H groups in total. The van der Waals surface area contributed by atoms with Crippen LogP contribution in [0.25, 0.3) is 0 Å². The third-order valence-corrected chi connectivity index (χ3v) is 3.56. The molecular formula is C16H17NO2. The molecule has 0 aliphatic heterocycles. The van der Waals surface area contributed by atoms with Gasteiger partial charge in [-0.1, -0.05) is 29.8 Å². The molecule has 0 radical (unpaired) electrons. The number of furan rings is 1. The Bertz CT molecular complexity index is 553. The summed E-state index contributed by atoms with van der Waals surface area (Å²) in [6, 6.07) is 11.9. The number of aryl methyl sites for hydroxylation is 1. The van der Waals surface area contributed by atoms with Gasteiger partial charge in [0.15, 0.2) is 5.76 Å². The average molecular weight is 255 g/mol. The van der Waals surface area contributed by atoms with Gasteiger partial charge in [0, 0.05) is 0 Å². The van der Waals surface area contributed by atoms with Gasteiger partial charge in [0.05, 0.1) is 12.3 Å². The summed E-state index contributed by atoms with van der Waals surface area (Å²) in [5.74, 6) is 0.793. The zero-order valence-corrected chi connectivity index (χ0v) is 10.9. The van der Waals surface area contributed by atoms with E-state index in [0.717, 1.165) is 0 Å². The minimum absolute atomic E-state index is 0.0956. The molecule has 1 fully saturated rings. The number of carbonyl (C=O) groups is 1. The van der Waals surface area contributed by atoms with Crippen LogP contribution in [0.1, 0.15) is 40.6 Å². The molecule has 1 aromatic carbocycles. The SMILES string of the molecule is Cc1ccc([C@@H](NC(=O)c2ccco2)C2CC2)cc1. The number of hydrogen-bond acceptors (Lipinski definition) is 2. The number of carbonyl (C=O) groups excluding carboxylic acids is 1. The lowest BCUT2D eigenvalue weighted by molar-refractivity contribution is 0.0903. The van der Waals surface area contributed by atoms with Gasteiger partial charge < -0.3 is 9.73 Å². The van der Waals surface area contributed by atoms with Gasteiger partial charge in [-0.25, -0.2) is 0 Å². The van der Waals surface area contributed by atoms with Crippen molar-refractivity contribution in [3.05, 3.63) is 59.5 Å². The lowest BCUT2D eigenvalue weighted by Crippen LogP contribution is -2.29. The summed E-state index contributed by atoms with van der Waals surface area (Å²) in [4.78, 5) is 12.1. The van der Waals surface area contributed by atoms with Crippen LogP contribution in [0, 0.1) is 12.8 Å². The summed E-state index contributed by atoms with van der Waals surface area (Å²) in [6.45, 7) is 2.07. The monoisotopic (exact) mass is 255 g/mol. The van der Waals surface area contributed by atoms with Crippen LogP contribution < -0.4 is 5.32 Å². The van der Waals surface area contributed by atoms with Gasteiger partial charge in [-0.3, -0.25) is 4.79 Å². The second-order valence-electron chi connectivity index (χ2n) is 5.18. The van der Waals surface area contributed by atoms with E-state index in [1.54, 1.807) is 12.1 Å². The third-order valence-electron chi connectivity index (χ3n) is 3.56. The largest absolute Gasteiger partial charge is 0.459 e. The molecule has 3 rings (SSSR count). The van der Waals surface area contributed by atoms with Crippen LogP contribution >= 0.6 is 0 Å². The smallest absolute Gasteiger partial charge is 0.287 e. The van der Waals surface area contributed by atoms with Crippen LogP contribution in [0.5, 0.6) is 0 Å². The average Bonchev–Trinajstić information content (AvgIpc) is 3.10. The molecule has 1 saturated carbocycles. The van der Waals surface area contributed by atoms with Crippen molar-refractivity contribution < 1.29 is 9.21 Å². The zero-order valence-electron chi connectivity index (χ0n) is 10.9. The van der Waals surface area contributed by atoms with Gasteiger partial charge in [-0.05, 0) is 43.4 Å². The van der Waals surface area contributed by atoms with Crippen molar-refractivity contribution in [1.82, 2.24) is 5.32 Å². The van der Waals surface area contributed by atoms with Crippen molar-refractivity contribution >= 4 is 5.91 Å². The maximum atomic E-state index is 12.1. The number of benzene rings is 1. The van der Waals surface area contributed by atoms with Gasteiger partial charge in [-0.15, -0.1) is 0 Å². The Labute approximate surface area is 112 Å². The fraction of sp³-hybridized carbons (Fsp3) is 0.312. The lowest BCUT2D eigenvalue weighted by atomic mass is 10.0. The van der Waals surface area contributed by atoms with E-state index < -0.39 is 0 Å². The molecular weight excluding hydrogens is 238 g/mol. The quantitative estimate of drug-likeness (QED) is 0.909. The van der Waals surface area contributed by atoms with E-state index in [9.17, 15) is 4.79 Å². The Hall–Kier alpha value is -2.03. The zero-order chi connectivity index (χ0) is 13.2. The molecule has 98 valence electrons. The fourth-order valence-electron chi connectivity index (χ4n) is 2.30. The first kappa shape index (κ1) is 12.0. The summed E-state index contributed by atoms with van der Waals surface area (Å²) >= 11 is 0. The molecule has 1 amide bonds. The Morgan fingerprint density at radius 3 is 2.58 bits per heavy atom. The second kappa shape index (κ2) is 4.92. The van der Waals surface area contributed by atoms with Crippen LogP contribution in [0.2, 0.25) is 0 Å². The Kier molecular flexibility index (Phi) is 3.11. The number of rotatable bonds is 4. The molecule has 1 aliphatic carbocycles. The molecule has 0 spiro atoms. The second-order valence-corrected chi connectivity index (χ2v) is 5.18. The highest BCUT2D eigenvalue weighted by Crippen LogP contribution is 2.41. The highest BCUT2D eigenvalue weighted by Gasteiger charge is 2.33. The predicted octanol–water partition coefficient (Wildman–Crippen LogP) is 3.47. The maximum Gasteiger partial charge on any atom is 0.287 e. The molecule has 1 aliphatic rings. The minimum atomic E-state index is -0.137. The maximum absolute atomic E-state index is 12.1. The third kappa shape index (κ3) is 2.70. The molecule has 0 unspecified atom stereocenters. The van der Waals surface area contributed by atoms with Crippen LogP contribution in [0.15, 0.2) is 47.1 Å². The van der Waals surface area contributed by atoms with Crippen molar-refractivity contribution in [2.75, 3.05) is 0 Å². The molecule has 1 atom stereocenters. The molecule has 2 aromatic rings. The van der Waals surface area contributed by atoms with Gasteiger partial charge in [0.25, 0.3) is 5.91 Å². The molecule has 1 aromatic heterocycles. The number of hydrogen-bond donors (Lipinski definition) is 1. The summed E-state index contributed by atoms with van der Waals surface area (Å²) in [6.07, 6.45) is 3.88. The van der Waals surface area contributed by atoms with E-state index in [1.807, 2.05) is 0 Å². The van der Waals surface area contributed by atoms with Crippen molar-refractivity contribution in [1.29, 1.82) is 0 Å². The molecule has 0 saturated heterocycles. The Morgan fingerprint density at radius 1 is 1.26 bits per heavy atom. The van der Waals surface area contributed by atoms with Crippen LogP contribution in [-0.2, 0) is 0 Å². The first-order valence-corrected chi connectivity index (χ1v) is 6.65. The fourth-order valence-corrected chi connectivity index (χ4v) is 2.30. The summed E-state index contributed by atoms with van der Waals surface area (Å²) in [7, 11) is 0. The lowest BCUT2D eigenvalue weighted by Gasteiger charge is -2.18. The van der Waals surface area contributed by atoms with E-state index in [-0.39, 0.29) is 11.9 Å². The Balaban J connectivity index is 1.78. The van der Waals surface area contributed by atoms with Crippen molar-refractivity contribution in [3.63, 3.8) is 0 Å². The first-order valence-electron chi connectivity index (χ1n) is 6.65. The molecule has 3 nitrogen and oxygen atoms in total. The van der Waals surface area contributed by atoms with Crippen molar-refractivity contribution in [3.8, 4) is 0 Å². The Morgan fingerprint density at radius 2 is 2.00 bits per heavy atom. The number of nitrogens with one attached hydrogen (secondary N) is 1. The summed E-state index contributed by atoms with van der Waals surface area (Å²) in [5.41, 5.74) is 2.41. The van der Waals surface area contributed by atoms with Crippen molar-refractivity contribution in [2.45, 2.75) is 25.8 Å². The van der Waals surface area contributed by atoms with Gasteiger partial charge in [0.2, 0.25) is 0 Å². The predicted molar refractivity (Wildman–Crippen MR) is 72.8 cm³/mol. The molecule has 0 bridgehead atoms. The normalized spacial score (nSPS) is 16.1. The van der Waals surface area contributed by atoms with E-state index in [1.165, 1.54) is 30.2 Å². The topological polar surface area (TPSA) is 42.2 Å². The van der Waals surface area contributed by atoms with Gasteiger partial charge >= 0.3 is 0 Å². The van der Waals surface area contributed by atoms with Crippen molar-refractivity contribution in [2.24, 2.45) is 5.92 Å². The van der Waals surface area contributed by atoms with E-state index in [2.05, 4.69) is 36.5 Å². The number of amides is 1. The summed E-state index contributed by atoms with van der Waals surface area (Å²) < 4.78 is 5.14. The minimum Gasteiger partial charge on any atom is -0.459 e. The highest BCUT2D eigenvalue weighted by atomic mass is 16.3. The molecule has 19 heavy (non-hydrogen) atoms. The highest BCUT2D eigenvalue weighted by molar-refractivity contribution is 5.91. The summed E-state index contributed by atoms with van der Waals surface area (Å²) in [5, 5.41) is 3.08. The standard InChI is InChI=1S/C16H17NO2/c1-11-4-6-12(7-5-11)15(13-8-9-13)17-16(18)14-3-2-10-19-14/h2-7,10,13,15H,8-9H2,1H3,(H,17,18)/t15-/m1/s1.